The summed E-state index contributed by atoms with van der Waals surface area (Å²) >= 11 is 0. The minimum atomic E-state index is -0.900. The van der Waals surface area contributed by atoms with Crippen LogP contribution in [-0.2, 0) is 16.0 Å². The van der Waals surface area contributed by atoms with Crippen LogP contribution in [0.3, 0.4) is 0 Å². The van der Waals surface area contributed by atoms with Gasteiger partial charge in [0.15, 0.2) is 0 Å². The van der Waals surface area contributed by atoms with Gasteiger partial charge in [0.05, 0.1) is 0 Å². The molecule has 1 saturated heterocycles. The number of rotatable bonds is 7. The van der Waals surface area contributed by atoms with E-state index in [0.29, 0.717) is 25.8 Å². The number of amides is 3. The summed E-state index contributed by atoms with van der Waals surface area (Å²) in [7, 11) is 1.70. The van der Waals surface area contributed by atoms with Gasteiger partial charge in [-0.15, -0.1) is 0 Å². The molecule has 1 aromatic rings. The summed E-state index contributed by atoms with van der Waals surface area (Å²) in [4.78, 5) is 36.4. The van der Waals surface area contributed by atoms with Crippen LogP contribution in [0.4, 0.5) is 4.79 Å². The van der Waals surface area contributed by atoms with E-state index < -0.39 is 18.0 Å². The van der Waals surface area contributed by atoms with Crippen molar-refractivity contribution in [1.29, 1.82) is 0 Å². The summed E-state index contributed by atoms with van der Waals surface area (Å²) < 4.78 is 0. The van der Waals surface area contributed by atoms with Gasteiger partial charge >= 0.3 is 12.0 Å². The van der Waals surface area contributed by atoms with Gasteiger partial charge in [0.25, 0.3) is 0 Å². The molecule has 1 aromatic carbocycles. The van der Waals surface area contributed by atoms with Crippen LogP contribution in [0.25, 0.3) is 0 Å². The second kappa shape index (κ2) is 8.33. The van der Waals surface area contributed by atoms with Crippen molar-refractivity contribution in [3.8, 4) is 0 Å². The van der Waals surface area contributed by atoms with Crippen molar-refractivity contribution in [1.82, 2.24) is 15.5 Å². The lowest BCUT2D eigenvalue weighted by Gasteiger charge is -2.20. The first-order valence-corrected chi connectivity index (χ1v) is 8.03. The highest BCUT2D eigenvalue weighted by atomic mass is 16.4. The van der Waals surface area contributed by atoms with Gasteiger partial charge in [-0.3, -0.25) is 9.59 Å². The average Bonchev–Trinajstić information content (AvgIpc) is 2.85. The Kier molecular flexibility index (Phi) is 6.17. The molecule has 1 fully saturated rings. The molecule has 2 atom stereocenters. The number of urea groups is 1. The molecule has 0 radical (unpaired) electrons. The van der Waals surface area contributed by atoms with Crippen molar-refractivity contribution < 1.29 is 19.5 Å². The van der Waals surface area contributed by atoms with Gasteiger partial charge in [0.2, 0.25) is 5.91 Å². The molecule has 2 unspecified atom stereocenters. The Morgan fingerprint density at radius 2 is 2.04 bits per heavy atom. The zero-order valence-corrected chi connectivity index (χ0v) is 13.7. The Balaban J connectivity index is 1.92. The van der Waals surface area contributed by atoms with Crippen molar-refractivity contribution in [2.45, 2.75) is 37.8 Å². The smallest absolute Gasteiger partial charge is 0.315 e. The van der Waals surface area contributed by atoms with Crippen LogP contribution in [-0.4, -0.2) is 53.6 Å². The Hall–Kier alpha value is -2.57. The number of aliphatic carboxylic acids is 1. The molecular weight excluding hydrogens is 310 g/mol. The van der Waals surface area contributed by atoms with E-state index >= 15 is 0 Å². The monoisotopic (exact) mass is 333 g/mol. The van der Waals surface area contributed by atoms with Crippen LogP contribution in [0.5, 0.6) is 0 Å². The van der Waals surface area contributed by atoms with Crippen molar-refractivity contribution in [3.05, 3.63) is 35.9 Å². The number of nitrogens with one attached hydrogen (secondary N) is 2. The van der Waals surface area contributed by atoms with E-state index in [1.54, 1.807) is 11.9 Å². The number of hydrogen-bond donors (Lipinski definition) is 3. The number of carbonyl (C=O) groups is 3. The molecule has 1 aliphatic heterocycles. The maximum Gasteiger partial charge on any atom is 0.315 e. The minimum absolute atomic E-state index is 0.0249. The van der Waals surface area contributed by atoms with Gasteiger partial charge in [-0.1, -0.05) is 30.3 Å². The Labute approximate surface area is 141 Å². The first kappa shape index (κ1) is 17.8. The molecular formula is C17H23N3O4. The van der Waals surface area contributed by atoms with E-state index in [1.807, 2.05) is 30.3 Å². The maximum absolute atomic E-state index is 12.2. The molecule has 0 aliphatic carbocycles. The summed E-state index contributed by atoms with van der Waals surface area (Å²) in [5, 5.41) is 14.4. The fourth-order valence-electron chi connectivity index (χ4n) is 2.76. The quantitative estimate of drug-likeness (QED) is 0.693. The number of carboxylic acid groups (broad SMARTS) is 1. The summed E-state index contributed by atoms with van der Waals surface area (Å²) in [6, 6.07) is 8.32. The predicted molar refractivity (Wildman–Crippen MR) is 88.5 cm³/mol. The second-order valence-electron chi connectivity index (χ2n) is 6.04. The van der Waals surface area contributed by atoms with Crippen LogP contribution >= 0.6 is 0 Å². The zero-order chi connectivity index (χ0) is 17.5. The highest BCUT2D eigenvalue weighted by Gasteiger charge is 2.30. The molecule has 0 bridgehead atoms. The van der Waals surface area contributed by atoms with Gasteiger partial charge in [-0.25, -0.2) is 4.79 Å². The summed E-state index contributed by atoms with van der Waals surface area (Å²) in [6.45, 7) is 0.621. The van der Waals surface area contributed by atoms with E-state index in [1.165, 1.54) is 0 Å². The van der Waals surface area contributed by atoms with E-state index in [4.69, 9.17) is 5.11 Å². The largest absolute Gasteiger partial charge is 0.481 e. The van der Waals surface area contributed by atoms with E-state index in [9.17, 15) is 14.4 Å². The van der Waals surface area contributed by atoms with E-state index in [2.05, 4.69) is 10.6 Å². The third-order valence-electron chi connectivity index (χ3n) is 4.10. The maximum atomic E-state index is 12.2. The molecule has 130 valence electrons. The highest BCUT2D eigenvalue weighted by Crippen LogP contribution is 2.10. The van der Waals surface area contributed by atoms with Gasteiger partial charge in [0, 0.05) is 26.1 Å². The number of hydrogen-bond acceptors (Lipinski definition) is 3. The van der Waals surface area contributed by atoms with Crippen LogP contribution in [0.15, 0.2) is 30.3 Å². The van der Waals surface area contributed by atoms with E-state index in [-0.39, 0.29) is 18.4 Å². The first-order chi connectivity index (χ1) is 11.5. The number of carbonyl (C=O) groups excluding carboxylic acids is 2. The number of benzene rings is 1. The second-order valence-corrected chi connectivity index (χ2v) is 6.04. The van der Waals surface area contributed by atoms with E-state index in [0.717, 1.165) is 5.56 Å². The molecule has 1 aliphatic rings. The highest BCUT2D eigenvalue weighted by molar-refractivity contribution is 5.88. The zero-order valence-electron chi connectivity index (χ0n) is 13.7. The molecule has 1 heterocycles. The normalized spacial score (nSPS) is 18.3. The number of nitrogens with zero attached hydrogens (tertiary/aromatic N) is 1. The van der Waals surface area contributed by atoms with Crippen molar-refractivity contribution in [2.75, 3.05) is 13.6 Å². The topological polar surface area (TPSA) is 98.7 Å². The third kappa shape index (κ3) is 5.26. The summed E-state index contributed by atoms with van der Waals surface area (Å²) in [6.07, 6.45) is 1.43. The Morgan fingerprint density at radius 1 is 1.33 bits per heavy atom. The molecule has 3 N–H and O–H groups in total. The molecule has 7 heteroatoms. The SMILES string of the molecule is CN1CCC(NC(=O)NC(CCC(=O)O)Cc2ccccc2)C1=O. The lowest BCUT2D eigenvalue weighted by Crippen LogP contribution is -2.49. The predicted octanol–water partition coefficient (Wildman–Crippen LogP) is 0.992. The van der Waals surface area contributed by atoms with Crippen LogP contribution in [0.1, 0.15) is 24.8 Å². The fraction of sp³-hybridized carbons (Fsp3) is 0.471. The molecule has 0 spiro atoms. The van der Waals surface area contributed by atoms with Crippen molar-refractivity contribution >= 4 is 17.9 Å². The lowest BCUT2D eigenvalue weighted by molar-refractivity contribution is -0.137. The van der Waals surface area contributed by atoms with Gasteiger partial charge in [-0.2, -0.15) is 0 Å². The summed E-state index contributed by atoms with van der Waals surface area (Å²) in [5.41, 5.74) is 1.02. The molecule has 0 saturated carbocycles. The first-order valence-electron chi connectivity index (χ1n) is 8.03. The van der Waals surface area contributed by atoms with Crippen molar-refractivity contribution in [2.24, 2.45) is 0 Å². The van der Waals surface area contributed by atoms with Crippen LogP contribution < -0.4 is 10.6 Å². The lowest BCUT2D eigenvalue weighted by atomic mass is 10.0. The standard InChI is InChI=1S/C17H23N3O4/c1-20-10-9-14(16(20)23)19-17(24)18-13(7-8-15(21)22)11-12-5-3-2-4-6-12/h2-6,13-14H,7-11H2,1H3,(H,21,22)(H2,18,19,24). The number of likely N-dealkylation sites (N-methyl/N-ethyl adjacent to an activating group) is 1. The van der Waals surface area contributed by atoms with Crippen LogP contribution in [0.2, 0.25) is 0 Å². The molecule has 7 nitrogen and oxygen atoms in total. The third-order valence-corrected chi connectivity index (χ3v) is 4.10. The molecule has 3 amide bonds. The summed E-state index contributed by atoms with van der Waals surface area (Å²) in [5.74, 6) is -1.00. The molecule has 24 heavy (non-hydrogen) atoms. The van der Waals surface area contributed by atoms with Gasteiger partial charge in [0.1, 0.15) is 6.04 Å². The van der Waals surface area contributed by atoms with Crippen LogP contribution in [0, 0.1) is 0 Å². The number of carboxylic acids is 1. The van der Waals surface area contributed by atoms with Gasteiger partial charge < -0.3 is 20.6 Å². The molecule has 0 aromatic heterocycles. The Bertz CT molecular complexity index is 591. The fourth-order valence-corrected chi connectivity index (χ4v) is 2.76. The van der Waals surface area contributed by atoms with Crippen molar-refractivity contribution in [3.63, 3.8) is 0 Å². The number of likely N-dealkylation sites (tertiary alicyclic amines) is 1. The Morgan fingerprint density at radius 3 is 2.62 bits per heavy atom. The minimum Gasteiger partial charge on any atom is -0.481 e. The average molecular weight is 333 g/mol. The van der Waals surface area contributed by atoms with Gasteiger partial charge in [-0.05, 0) is 24.8 Å². The molecule has 2 rings (SSSR count).